The molecule has 22 heavy (non-hydrogen) atoms. The summed E-state index contributed by atoms with van der Waals surface area (Å²) in [6.07, 6.45) is 4.33. The number of nitrogens with one attached hydrogen (secondary N) is 1. The smallest absolute Gasteiger partial charge is 0.258 e. The summed E-state index contributed by atoms with van der Waals surface area (Å²) in [5.74, 6) is 0.340. The number of aryl methyl sites for hydroxylation is 1. The molecule has 2 aromatic rings. The van der Waals surface area contributed by atoms with E-state index in [0.717, 1.165) is 29.0 Å². The van der Waals surface area contributed by atoms with E-state index in [4.69, 9.17) is 0 Å². The lowest BCUT2D eigenvalue weighted by atomic mass is 9.94. The lowest BCUT2D eigenvalue weighted by Crippen LogP contribution is -2.40. The first-order valence-corrected chi connectivity index (χ1v) is 8.44. The average Bonchev–Trinajstić information content (AvgIpc) is 2.90. The minimum atomic E-state index is -0.180. The van der Waals surface area contributed by atoms with Gasteiger partial charge >= 0.3 is 0 Å². The van der Waals surface area contributed by atoms with Crippen LogP contribution in [0.15, 0.2) is 24.3 Å². The van der Waals surface area contributed by atoms with Gasteiger partial charge in [-0.3, -0.25) is 4.79 Å². The van der Waals surface area contributed by atoms with Crippen LogP contribution in [0.5, 0.6) is 5.75 Å². The highest BCUT2D eigenvalue weighted by Gasteiger charge is 2.35. The lowest BCUT2D eigenvalue weighted by molar-refractivity contribution is 0.0735. The summed E-state index contributed by atoms with van der Waals surface area (Å²) in [5.41, 5.74) is 3.13. The molecule has 1 aromatic heterocycles. The van der Waals surface area contributed by atoms with Gasteiger partial charge in [-0.25, -0.2) is 0 Å². The van der Waals surface area contributed by atoms with Crippen LogP contribution in [0, 0.1) is 0 Å². The number of phenolic OH excluding ortho intramolecular Hbond substituents is 1. The Bertz CT molecular complexity index is 736. The largest absolute Gasteiger partial charge is 0.508 e. The van der Waals surface area contributed by atoms with Crippen LogP contribution in [-0.4, -0.2) is 23.0 Å². The number of benzene rings is 1. The van der Waals surface area contributed by atoms with E-state index in [-0.39, 0.29) is 17.8 Å². The average molecular weight is 314 g/mol. The molecule has 1 atom stereocenters. The van der Waals surface area contributed by atoms with Crippen molar-refractivity contribution in [2.75, 3.05) is 12.4 Å². The number of hydrogen-bond acceptors (Lipinski definition) is 4. The zero-order valence-corrected chi connectivity index (χ0v) is 13.2. The number of thiophene rings is 1. The van der Waals surface area contributed by atoms with E-state index in [9.17, 15) is 9.90 Å². The van der Waals surface area contributed by atoms with Gasteiger partial charge in [-0.1, -0.05) is 12.1 Å². The number of hydrogen-bond donors (Lipinski definition) is 2. The highest BCUT2D eigenvalue weighted by atomic mass is 32.1. The monoisotopic (exact) mass is 314 g/mol. The van der Waals surface area contributed by atoms with E-state index in [1.807, 2.05) is 19.2 Å². The van der Waals surface area contributed by atoms with Crippen LogP contribution >= 0.6 is 11.3 Å². The number of carbonyl (C=O) groups excluding carboxylic acids is 1. The van der Waals surface area contributed by atoms with Crippen LogP contribution in [0.4, 0.5) is 5.00 Å². The van der Waals surface area contributed by atoms with Crippen molar-refractivity contribution < 1.29 is 9.90 Å². The molecule has 0 spiro atoms. The Hall–Kier alpha value is -2.01. The molecule has 0 bridgehead atoms. The minimum absolute atomic E-state index is 0.103. The van der Waals surface area contributed by atoms with Crippen molar-refractivity contribution in [1.82, 2.24) is 4.90 Å². The van der Waals surface area contributed by atoms with Crippen LogP contribution in [0.25, 0.3) is 0 Å². The third kappa shape index (κ3) is 2.00. The number of anilines is 1. The third-order valence-corrected chi connectivity index (χ3v) is 5.79. The maximum atomic E-state index is 12.8. The number of aromatic hydroxyl groups is 1. The van der Waals surface area contributed by atoms with Crippen molar-refractivity contribution in [3.05, 3.63) is 45.8 Å². The van der Waals surface area contributed by atoms with E-state index in [1.165, 1.54) is 23.3 Å². The third-order valence-electron chi connectivity index (χ3n) is 4.57. The second-order valence-electron chi connectivity index (χ2n) is 5.97. The fourth-order valence-corrected chi connectivity index (χ4v) is 4.68. The second-order valence-corrected chi connectivity index (χ2v) is 7.07. The molecule has 1 aliphatic heterocycles. The Morgan fingerprint density at radius 2 is 1.95 bits per heavy atom. The van der Waals surface area contributed by atoms with Gasteiger partial charge in [0.15, 0.2) is 0 Å². The Kier molecular flexibility index (Phi) is 3.11. The summed E-state index contributed by atoms with van der Waals surface area (Å²) in [5, 5.41) is 14.0. The molecule has 2 heterocycles. The van der Waals surface area contributed by atoms with Gasteiger partial charge in [-0.2, -0.15) is 0 Å². The van der Waals surface area contributed by atoms with Crippen molar-refractivity contribution in [3.8, 4) is 5.75 Å². The molecule has 0 fully saturated rings. The van der Waals surface area contributed by atoms with Gasteiger partial charge < -0.3 is 15.3 Å². The summed E-state index contributed by atoms with van der Waals surface area (Å²) >= 11 is 1.74. The summed E-state index contributed by atoms with van der Waals surface area (Å²) < 4.78 is 0. The fraction of sp³-hybridized carbons (Fsp3) is 0.353. The van der Waals surface area contributed by atoms with E-state index >= 15 is 0 Å². The van der Waals surface area contributed by atoms with Gasteiger partial charge in [0.05, 0.1) is 5.56 Å². The van der Waals surface area contributed by atoms with E-state index in [1.54, 1.807) is 28.4 Å². The number of carbonyl (C=O) groups is 1. The van der Waals surface area contributed by atoms with E-state index in [0.29, 0.717) is 0 Å². The maximum absolute atomic E-state index is 12.8. The summed E-state index contributed by atoms with van der Waals surface area (Å²) in [4.78, 5) is 16.0. The molecule has 0 saturated heterocycles. The molecule has 5 heteroatoms. The lowest BCUT2D eigenvalue weighted by Gasteiger charge is -2.34. The zero-order valence-electron chi connectivity index (χ0n) is 12.4. The molecule has 114 valence electrons. The van der Waals surface area contributed by atoms with Crippen LogP contribution < -0.4 is 5.32 Å². The first-order valence-electron chi connectivity index (χ1n) is 7.62. The highest BCUT2D eigenvalue weighted by molar-refractivity contribution is 7.16. The fourth-order valence-electron chi connectivity index (χ4n) is 3.37. The SMILES string of the molecule is CN1C(=O)c2c(sc3c2CCCC3)N[C@H]1c1ccc(O)cc1. The molecule has 0 saturated carbocycles. The predicted octanol–water partition coefficient (Wildman–Crippen LogP) is 3.53. The molecule has 4 rings (SSSR count). The normalized spacial score (nSPS) is 20.3. The van der Waals surface area contributed by atoms with Gasteiger partial charge in [0.1, 0.15) is 16.9 Å². The topological polar surface area (TPSA) is 52.6 Å². The summed E-state index contributed by atoms with van der Waals surface area (Å²) in [6.45, 7) is 0. The number of fused-ring (bicyclic) bond motifs is 3. The Morgan fingerprint density at radius 1 is 1.23 bits per heavy atom. The Morgan fingerprint density at radius 3 is 2.73 bits per heavy atom. The molecule has 4 nitrogen and oxygen atoms in total. The standard InChI is InChI=1S/C17H18N2O2S/c1-19-15(10-6-8-11(20)9-7-10)18-16-14(17(19)21)12-4-2-3-5-13(12)22-16/h6-9,15,18,20H,2-5H2,1H3/t15-/m1/s1. The minimum Gasteiger partial charge on any atom is -0.508 e. The van der Waals surface area contributed by atoms with E-state index < -0.39 is 0 Å². The first-order chi connectivity index (χ1) is 10.6. The molecule has 0 radical (unpaired) electrons. The Balaban J connectivity index is 1.76. The van der Waals surface area contributed by atoms with Crippen LogP contribution in [-0.2, 0) is 12.8 Å². The molecular weight excluding hydrogens is 296 g/mol. The number of rotatable bonds is 1. The first kappa shape index (κ1) is 13.6. The molecule has 1 aromatic carbocycles. The molecule has 2 aliphatic rings. The van der Waals surface area contributed by atoms with Gasteiger partial charge in [0.2, 0.25) is 0 Å². The quantitative estimate of drug-likeness (QED) is 0.846. The molecule has 2 N–H and O–H groups in total. The summed E-state index contributed by atoms with van der Waals surface area (Å²) in [7, 11) is 1.84. The van der Waals surface area contributed by atoms with Gasteiger partial charge in [0, 0.05) is 11.9 Å². The molecular formula is C17H18N2O2S. The van der Waals surface area contributed by atoms with Crippen LogP contribution in [0.2, 0.25) is 0 Å². The van der Waals surface area contributed by atoms with Gasteiger partial charge in [-0.15, -0.1) is 11.3 Å². The molecule has 1 aliphatic carbocycles. The van der Waals surface area contributed by atoms with Gasteiger partial charge in [-0.05, 0) is 48.9 Å². The molecule has 1 amide bonds. The maximum Gasteiger partial charge on any atom is 0.258 e. The Labute approximate surface area is 133 Å². The van der Waals surface area contributed by atoms with Gasteiger partial charge in [0.25, 0.3) is 5.91 Å². The van der Waals surface area contributed by atoms with Crippen molar-refractivity contribution in [2.24, 2.45) is 0 Å². The highest BCUT2D eigenvalue weighted by Crippen LogP contribution is 2.43. The zero-order chi connectivity index (χ0) is 15.3. The van der Waals surface area contributed by atoms with Crippen molar-refractivity contribution in [3.63, 3.8) is 0 Å². The van der Waals surface area contributed by atoms with Crippen LogP contribution in [0.1, 0.15) is 45.4 Å². The van der Waals surface area contributed by atoms with Crippen molar-refractivity contribution in [2.45, 2.75) is 31.8 Å². The van der Waals surface area contributed by atoms with E-state index in [2.05, 4.69) is 5.32 Å². The summed E-state index contributed by atoms with van der Waals surface area (Å²) in [6, 6.07) is 7.03. The van der Waals surface area contributed by atoms with Crippen LogP contribution in [0.3, 0.4) is 0 Å². The predicted molar refractivity (Wildman–Crippen MR) is 87.5 cm³/mol. The number of amides is 1. The van der Waals surface area contributed by atoms with Crippen molar-refractivity contribution in [1.29, 1.82) is 0 Å². The number of phenols is 1. The molecule has 0 unspecified atom stereocenters. The second kappa shape index (κ2) is 5.02. The number of nitrogens with zero attached hydrogens (tertiary/aromatic N) is 1. The van der Waals surface area contributed by atoms with Crippen molar-refractivity contribution >= 4 is 22.2 Å².